The van der Waals surface area contributed by atoms with E-state index in [1.165, 1.54) is 4.88 Å². The first kappa shape index (κ1) is 11.7. The van der Waals surface area contributed by atoms with Crippen LogP contribution in [-0.2, 0) is 11.2 Å². The molecule has 0 saturated carbocycles. The van der Waals surface area contributed by atoms with Crippen molar-refractivity contribution in [2.24, 2.45) is 0 Å². The third-order valence-electron chi connectivity index (χ3n) is 3.13. The molecule has 1 saturated heterocycles. The van der Waals surface area contributed by atoms with E-state index in [1.54, 1.807) is 11.3 Å². The molecule has 2 N–H and O–H groups in total. The van der Waals surface area contributed by atoms with Gasteiger partial charge in [-0.2, -0.15) is 4.98 Å². The van der Waals surface area contributed by atoms with Gasteiger partial charge in [-0.1, -0.05) is 12.1 Å². The fourth-order valence-electron chi connectivity index (χ4n) is 2.05. The van der Waals surface area contributed by atoms with Crippen LogP contribution in [0.5, 0.6) is 0 Å². The van der Waals surface area contributed by atoms with Crippen LogP contribution in [0.25, 0.3) is 11.5 Å². The molecule has 1 unspecified atom stereocenters. The van der Waals surface area contributed by atoms with Gasteiger partial charge in [-0.25, -0.2) is 0 Å². The van der Waals surface area contributed by atoms with Crippen LogP contribution in [0.15, 0.2) is 10.6 Å². The third kappa shape index (κ3) is 2.02. The second-order valence-electron chi connectivity index (χ2n) is 4.36. The molecule has 2 aromatic heterocycles. The molecule has 2 aromatic rings. The Labute approximate surface area is 109 Å². The van der Waals surface area contributed by atoms with E-state index in [2.05, 4.69) is 17.1 Å². The quantitative estimate of drug-likeness (QED) is 0.922. The van der Waals surface area contributed by atoms with Gasteiger partial charge in [0.1, 0.15) is 0 Å². The first-order valence-electron chi connectivity index (χ1n) is 6.07. The van der Waals surface area contributed by atoms with E-state index in [9.17, 15) is 0 Å². The summed E-state index contributed by atoms with van der Waals surface area (Å²) in [5.41, 5.74) is 6.83. The van der Waals surface area contributed by atoms with Crippen LogP contribution in [0.3, 0.4) is 0 Å². The molecule has 1 atom stereocenters. The van der Waals surface area contributed by atoms with Crippen molar-refractivity contribution in [2.75, 3.05) is 18.9 Å². The maximum atomic E-state index is 5.98. The summed E-state index contributed by atoms with van der Waals surface area (Å²) >= 11 is 1.58. The van der Waals surface area contributed by atoms with E-state index in [1.807, 2.05) is 6.07 Å². The Kier molecular flexibility index (Phi) is 3.05. The molecule has 6 heteroatoms. The van der Waals surface area contributed by atoms with Crippen LogP contribution >= 0.6 is 11.3 Å². The minimum Gasteiger partial charge on any atom is -0.390 e. The molecule has 0 aromatic carbocycles. The van der Waals surface area contributed by atoms with Crippen LogP contribution in [0.4, 0.5) is 5.00 Å². The van der Waals surface area contributed by atoms with Crippen molar-refractivity contribution in [1.29, 1.82) is 0 Å². The zero-order valence-corrected chi connectivity index (χ0v) is 11.0. The Balaban J connectivity index is 1.89. The van der Waals surface area contributed by atoms with E-state index >= 15 is 0 Å². The minimum absolute atomic E-state index is 0.257. The smallest absolute Gasteiger partial charge is 0.260 e. The van der Waals surface area contributed by atoms with Gasteiger partial charge in [0.25, 0.3) is 5.89 Å². The van der Waals surface area contributed by atoms with Gasteiger partial charge >= 0.3 is 0 Å². The average molecular weight is 265 g/mol. The molecular weight excluding hydrogens is 250 g/mol. The highest BCUT2D eigenvalue weighted by Gasteiger charge is 2.24. The highest BCUT2D eigenvalue weighted by molar-refractivity contribution is 7.16. The van der Waals surface area contributed by atoms with E-state index in [0.29, 0.717) is 12.5 Å². The molecular formula is C12H15N3O2S. The molecule has 1 aliphatic rings. The molecule has 0 spiro atoms. The van der Waals surface area contributed by atoms with Gasteiger partial charge in [0, 0.05) is 17.4 Å². The minimum atomic E-state index is 0.257. The normalized spacial score (nSPS) is 19.5. The topological polar surface area (TPSA) is 74.2 Å². The zero-order chi connectivity index (χ0) is 12.5. The van der Waals surface area contributed by atoms with Crippen LogP contribution in [0, 0.1) is 0 Å². The molecule has 0 radical (unpaired) electrons. The van der Waals surface area contributed by atoms with Crippen LogP contribution < -0.4 is 5.73 Å². The fraction of sp³-hybridized carbons (Fsp3) is 0.500. The Morgan fingerprint density at radius 1 is 1.56 bits per heavy atom. The zero-order valence-electron chi connectivity index (χ0n) is 10.2. The van der Waals surface area contributed by atoms with Crippen molar-refractivity contribution in [3.63, 3.8) is 0 Å². The Bertz CT molecular complexity index is 543. The fourth-order valence-corrected chi connectivity index (χ4v) is 2.91. The van der Waals surface area contributed by atoms with Crippen LogP contribution in [-0.4, -0.2) is 23.4 Å². The van der Waals surface area contributed by atoms with Crippen LogP contribution in [0.1, 0.15) is 30.0 Å². The van der Waals surface area contributed by atoms with Gasteiger partial charge in [-0.05, 0) is 18.9 Å². The maximum absolute atomic E-state index is 5.98. The van der Waals surface area contributed by atoms with Crippen molar-refractivity contribution in [2.45, 2.75) is 25.7 Å². The highest BCUT2D eigenvalue weighted by Crippen LogP contribution is 2.34. The number of hydrogen-bond donors (Lipinski definition) is 1. The molecule has 18 heavy (non-hydrogen) atoms. The number of rotatable bonds is 3. The summed E-state index contributed by atoms with van der Waals surface area (Å²) in [5.74, 6) is 1.50. The number of aromatic nitrogens is 2. The lowest BCUT2D eigenvalue weighted by Gasteiger charge is -1.97. The lowest BCUT2D eigenvalue weighted by molar-refractivity contribution is 0.192. The number of thiophene rings is 1. The summed E-state index contributed by atoms with van der Waals surface area (Å²) in [6.45, 7) is 3.55. The molecule has 0 aliphatic carbocycles. The van der Waals surface area contributed by atoms with E-state index in [4.69, 9.17) is 15.0 Å². The Morgan fingerprint density at radius 2 is 2.44 bits per heavy atom. The van der Waals surface area contributed by atoms with Gasteiger partial charge in [0.05, 0.1) is 17.2 Å². The summed E-state index contributed by atoms with van der Waals surface area (Å²) in [4.78, 5) is 5.67. The van der Waals surface area contributed by atoms with Gasteiger partial charge in [-0.15, -0.1) is 11.3 Å². The van der Waals surface area contributed by atoms with Crippen molar-refractivity contribution < 1.29 is 9.26 Å². The first-order valence-corrected chi connectivity index (χ1v) is 6.89. The lowest BCUT2D eigenvalue weighted by atomic mass is 10.1. The predicted molar refractivity (Wildman–Crippen MR) is 69.6 cm³/mol. The molecule has 0 amide bonds. The number of nitrogens with two attached hydrogens (primary N) is 1. The van der Waals surface area contributed by atoms with Gasteiger partial charge in [0.15, 0.2) is 5.82 Å². The molecule has 5 nitrogen and oxygen atoms in total. The van der Waals surface area contributed by atoms with Crippen molar-refractivity contribution >= 4 is 16.3 Å². The lowest BCUT2D eigenvalue weighted by Crippen LogP contribution is -1.99. The van der Waals surface area contributed by atoms with Crippen molar-refractivity contribution in [3.8, 4) is 11.5 Å². The molecule has 0 bridgehead atoms. The SMILES string of the molecule is CCc1cc(-c2nc(C3CCOC3)no2)c(N)s1. The van der Waals surface area contributed by atoms with Crippen LogP contribution in [0.2, 0.25) is 0 Å². The monoisotopic (exact) mass is 265 g/mol. The number of nitrogen functional groups attached to an aromatic ring is 1. The Hall–Kier alpha value is -1.40. The first-order chi connectivity index (χ1) is 8.78. The molecule has 3 heterocycles. The predicted octanol–water partition coefficient (Wildman–Crippen LogP) is 2.45. The van der Waals surface area contributed by atoms with E-state index in [-0.39, 0.29) is 5.92 Å². The summed E-state index contributed by atoms with van der Waals surface area (Å²) in [5, 5.41) is 4.77. The maximum Gasteiger partial charge on any atom is 0.260 e. The third-order valence-corrected chi connectivity index (χ3v) is 4.24. The molecule has 1 fully saturated rings. The number of anilines is 1. The van der Waals surface area contributed by atoms with Crippen molar-refractivity contribution in [3.05, 3.63) is 16.8 Å². The molecule has 3 rings (SSSR count). The summed E-state index contributed by atoms with van der Waals surface area (Å²) < 4.78 is 10.6. The molecule has 1 aliphatic heterocycles. The second kappa shape index (κ2) is 4.70. The highest BCUT2D eigenvalue weighted by atomic mass is 32.1. The largest absolute Gasteiger partial charge is 0.390 e. The molecule has 96 valence electrons. The number of aryl methyl sites for hydroxylation is 1. The summed E-state index contributed by atoms with van der Waals surface area (Å²) in [6.07, 6.45) is 1.92. The van der Waals surface area contributed by atoms with Crippen molar-refractivity contribution in [1.82, 2.24) is 10.1 Å². The number of nitrogens with zero attached hydrogens (tertiary/aromatic N) is 2. The van der Waals surface area contributed by atoms with E-state index < -0.39 is 0 Å². The second-order valence-corrected chi connectivity index (χ2v) is 5.53. The summed E-state index contributed by atoms with van der Waals surface area (Å²) in [6, 6.07) is 2.03. The van der Waals surface area contributed by atoms with E-state index in [0.717, 1.165) is 35.8 Å². The van der Waals surface area contributed by atoms with Gasteiger partial charge in [0.2, 0.25) is 0 Å². The Morgan fingerprint density at radius 3 is 3.11 bits per heavy atom. The number of hydrogen-bond acceptors (Lipinski definition) is 6. The number of ether oxygens (including phenoxy) is 1. The standard InChI is InChI=1S/C12H15N3O2S/c1-2-8-5-9(10(13)18-8)12-14-11(15-17-12)7-3-4-16-6-7/h5,7H,2-4,6,13H2,1H3. The van der Waals surface area contributed by atoms with Gasteiger partial charge in [-0.3, -0.25) is 0 Å². The summed E-state index contributed by atoms with van der Waals surface area (Å²) in [7, 11) is 0. The van der Waals surface area contributed by atoms with Gasteiger partial charge < -0.3 is 15.0 Å². The average Bonchev–Trinajstić information content (AvgIpc) is 3.08.